The Balaban J connectivity index is 2.06. The van der Waals surface area contributed by atoms with Crippen molar-refractivity contribution in [1.29, 1.82) is 5.26 Å². The lowest BCUT2D eigenvalue weighted by Gasteiger charge is -2.22. The van der Waals surface area contributed by atoms with E-state index < -0.39 is 103 Å². The number of aliphatic imine (C=N–C) groups is 1. The summed E-state index contributed by atoms with van der Waals surface area (Å²) in [6.07, 6.45) is 1.40. The molecule has 0 bridgehead atoms. The Morgan fingerprint density at radius 3 is 1.31 bits per heavy atom. The van der Waals surface area contributed by atoms with E-state index in [0.717, 1.165) is 0 Å². The molecule has 1 aliphatic rings. The van der Waals surface area contributed by atoms with E-state index >= 15 is 0 Å². The first kappa shape index (κ1) is 27.9. The number of fused-ring (bicyclic) bond motifs is 2. The Morgan fingerprint density at radius 2 is 0.929 bits per heavy atom. The molecule has 0 radical (unpaired) electrons. The summed E-state index contributed by atoms with van der Waals surface area (Å²) in [5, 5.41) is 12.8. The van der Waals surface area contributed by atoms with Gasteiger partial charge in [-0.2, -0.15) is 16.8 Å². The third-order valence-corrected chi connectivity index (χ3v) is 5.99. The van der Waals surface area contributed by atoms with E-state index in [4.69, 9.17) is 6.57 Å². The van der Waals surface area contributed by atoms with Crippen LogP contribution >= 0.6 is 0 Å². The van der Waals surface area contributed by atoms with E-state index in [2.05, 4.69) is 25.0 Å². The molecule has 0 N–H and O–H groups in total. The highest BCUT2D eigenvalue weighted by atomic mass is 19.2. The second-order valence-electron chi connectivity index (χ2n) is 8.16. The van der Waals surface area contributed by atoms with Gasteiger partial charge in [0.2, 0.25) is 17.8 Å². The lowest BCUT2D eigenvalue weighted by molar-refractivity contribution is 0.380. The molecule has 16 heteroatoms. The first-order chi connectivity index (χ1) is 20.0. The van der Waals surface area contributed by atoms with Crippen LogP contribution in [0.1, 0.15) is 22.5 Å². The van der Waals surface area contributed by atoms with Crippen LogP contribution in [0.2, 0.25) is 0 Å². The molecule has 1 aromatic heterocycles. The van der Waals surface area contributed by atoms with Gasteiger partial charge in [-0.25, -0.2) is 53.9 Å². The molecule has 0 saturated carbocycles. The fourth-order valence-corrected chi connectivity index (χ4v) is 4.21. The molecule has 0 amide bonds. The maximum atomic E-state index is 15.0. The monoisotopic (exact) mass is 590 g/mol. The Labute approximate surface area is 226 Å². The fourth-order valence-electron chi connectivity index (χ4n) is 4.21. The van der Waals surface area contributed by atoms with Crippen LogP contribution in [-0.4, -0.2) is 21.4 Å². The number of hydrogen-bond donors (Lipinski definition) is 0. The van der Waals surface area contributed by atoms with Crippen molar-refractivity contribution in [3.05, 3.63) is 116 Å². The first-order valence-corrected chi connectivity index (χ1v) is 10.9. The van der Waals surface area contributed by atoms with Gasteiger partial charge in [0.25, 0.3) is 0 Å². The van der Waals surface area contributed by atoms with E-state index in [1.54, 1.807) is 0 Å². The van der Waals surface area contributed by atoms with Crippen LogP contribution in [0.5, 0.6) is 0 Å². The van der Waals surface area contributed by atoms with Crippen molar-refractivity contribution in [1.82, 2.24) is 9.97 Å². The maximum absolute atomic E-state index is 15.0. The molecular weight excluding hydrogens is 586 g/mol. The van der Waals surface area contributed by atoms with Gasteiger partial charge >= 0.3 is 0 Å². The summed E-state index contributed by atoms with van der Waals surface area (Å²) in [5.74, 6) is -25.8. The largest absolute Gasteiger partial charge is 0.241 e. The Bertz CT molecular complexity index is 1820. The van der Waals surface area contributed by atoms with Crippen LogP contribution in [0.3, 0.4) is 0 Å². The number of hydrogen-bond acceptors (Lipinski definition) is 5. The predicted octanol–water partition coefficient (Wildman–Crippen LogP) is 6.51. The average Bonchev–Trinajstić information content (AvgIpc) is 2.99. The van der Waals surface area contributed by atoms with Crippen molar-refractivity contribution in [2.45, 2.75) is 0 Å². The molecule has 1 heterocycles. The minimum absolute atomic E-state index is 0.00311. The highest BCUT2D eigenvalue weighted by molar-refractivity contribution is 6.30. The van der Waals surface area contributed by atoms with Crippen molar-refractivity contribution >= 4 is 11.4 Å². The van der Waals surface area contributed by atoms with Crippen molar-refractivity contribution in [2.24, 2.45) is 10.1 Å². The number of benzene rings is 3. The normalized spacial score (nSPS) is 14.0. The molecule has 0 spiro atoms. The minimum atomic E-state index is -2.63. The Morgan fingerprint density at radius 1 is 0.571 bits per heavy atom. The summed E-state index contributed by atoms with van der Waals surface area (Å²) in [6, 6.07) is 5.45. The van der Waals surface area contributed by atoms with Gasteiger partial charge in [-0.3, -0.25) is 0 Å². The average molecular weight is 590 g/mol. The van der Waals surface area contributed by atoms with Crippen molar-refractivity contribution < 1.29 is 43.9 Å². The van der Waals surface area contributed by atoms with Crippen molar-refractivity contribution in [3.8, 4) is 28.7 Å². The summed E-state index contributed by atoms with van der Waals surface area (Å²) in [6.45, 7) is 7.15. The molecule has 0 fully saturated rings. The molecule has 0 aliphatic heterocycles. The smallest absolute Gasteiger partial charge is 0.206 e. The van der Waals surface area contributed by atoms with Crippen LogP contribution < -0.4 is 0 Å². The van der Waals surface area contributed by atoms with Crippen molar-refractivity contribution in [3.63, 3.8) is 0 Å². The molecule has 6 nitrogen and oxygen atoms in total. The molecule has 208 valence electrons. The highest BCUT2D eigenvalue weighted by Gasteiger charge is 2.38. The summed E-state index contributed by atoms with van der Waals surface area (Å²) in [7, 11) is 0. The van der Waals surface area contributed by atoms with Gasteiger partial charge in [-0.05, 0) is 0 Å². The third-order valence-electron chi connectivity index (χ3n) is 5.99. The zero-order chi connectivity index (χ0) is 30.6. The van der Waals surface area contributed by atoms with Crippen LogP contribution in [0, 0.1) is 76.2 Å². The van der Waals surface area contributed by atoms with Gasteiger partial charge in [-0.15, -0.1) is 4.95 Å². The summed E-state index contributed by atoms with van der Waals surface area (Å²) >= 11 is 0. The van der Waals surface area contributed by atoms with Gasteiger partial charge in [0, 0.05) is 11.1 Å². The topological polar surface area (TPSA) is 78.6 Å². The Hall–Kier alpha value is -5.64. The van der Waals surface area contributed by atoms with Crippen LogP contribution in [0.15, 0.2) is 34.4 Å². The first-order valence-electron chi connectivity index (χ1n) is 10.9. The fraction of sp³-hybridized carbons (Fsp3) is 0. The zero-order valence-corrected chi connectivity index (χ0v) is 19.8. The van der Waals surface area contributed by atoms with E-state index in [1.165, 1.54) is 30.5 Å². The number of rotatable bonds is 2. The van der Waals surface area contributed by atoms with Gasteiger partial charge < -0.3 is 0 Å². The lowest BCUT2D eigenvalue weighted by atomic mass is 9.87. The predicted molar refractivity (Wildman–Crippen MR) is 122 cm³/mol. The summed E-state index contributed by atoms with van der Waals surface area (Å²) < 4.78 is 144. The van der Waals surface area contributed by atoms with E-state index in [1.807, 2.05) is 0 Å². The number of aromatic nitrogens is 2. The summed E-state index contributed by atoms with van der Waals surface area (Å²) in [5.41, 5.74) is -9.46. The van der Waals surface area contributed by atoms with Gasteiger partial charge in [0.1, 0.15) is 28.5 Å². The minimum Gasteiger partial charge on any atom is -0.241 e. The summed E-state index contributed by atoms with van der Waals surface area (Å²) in [4.78, 5) is 13.9. The van der Waals surface area contributed by atoms with Gasteiger partial charge in [-0.1, -0.05) is 24.3 Å². The molecular formula is C26H4F10N6. The second kappa shape index (κ2) is 10.1. The number of nitriles is 1. The zero-order valence-electron chi connectivity index (χ0n) is 19.8. The maximum Gasteiger partial charge on any atom is 0.206 e. The van der Waals surface area contributed by atoms with Crippen LogP contribution in [0.25, 0.3) is 27.5 Å². The quantitative estimate of drug-likeness (QED) is 0.0588. The number of halogens is 10. The standard InChI is InChI=1S/C26H4F10N6/c1-38-42-22-8-5-3-2-4-7(8)21(39-6-37)25-26(22)41-24(10-13(29)17(33)20(36)18(34)14(10)30)23(40-25)9-11(27)15(31)19(35)16(32)12(9)28/h2-5H/b39-21?,42-22+. The molecule has 1 aliphatic carbocycles. The van der Waals surface area contributed by atoms with E-state index in [0.29, 0.717) is 0 Å². The molecule has 4 aromatic rings. The highest BCUT2D eigenvalue weighted by Crippen LogP contribution is 2.41. The van der Waals surface area contributed by atoms with E-state index in [-0.39, 0.29) is 11.1 Å². The second-order valence-corrected chi connectivity index (χ2v) is 8.16. The van der Waals surface area contributed by atoms with Gasteiger partial charge in [0.05, 0.1) is 16.2 Å². The number of nitrogens with zero attached hydrogens (tertiary/aromatic N) is 6. The van der Waals surface area contributed by atoms with E-state index in [9.17, 15) is 49.2 Å². The Kier molecular flexibility index (Phi) is 6.70. The lowest BCUT2D eigenvalue weighted by Crippen LogP contribution is -2.26. The van der Waals surface area contributed by atoms with Crippen LogP contribution in [0.4, 0.5) is 43.9 Å². The molecule has 0 atom stereocenters. The molecule has 0 saturated heterocycles. The molecule has 42 heavy (non-hydrogen) atoms. The SMILES string of the molecule is [C-]#[N+]/N=C1\c2ccccc2C(=NC#N)c2nc(-c3c(F)c(F)c(F)c(F)c3F)c(-c3c(F)c(F)c(F)c(F)c3F)nc21. The van der Waals surface area contributed by atoms with Crippen molar-refractivity contribution in [2.75, 3.05) is 0 Å². The molecule has 3 aromatic carbocycles. The third kappa shape index (κ3) is 3.87. The van der Waals surface area contributed by atoms with Gasteiger partial charge in [0.15, 0.2) is 52.2 Å². The van der Waals surface area contributed by atoms with Crippen LogP contribution in [-0.2, 0) is 0 Å². The molecule has 5 rings (SSSR count). The molecule has 0 unspecified atom stereocenters.